The fourth-order valence-electron chi connectivity index (χ4n) is 2.00. The molecule has 0 aliphatic carbocycles. The van der Waals surface area contributed by atoms with Gasteiger partial charge in [0.15, 0.2) is 0 Å². The van der Waals surface area contributed by atoms with Crippen LogP contribution < -0.4 is 10.5 Å². The van der Waals surface area contributed by atoms with Gasteiger partial charge in [-0.3, -0.25) is 4.79 Å². The summed E-state index contributed by atoms with van der Waals surface area (Å²) in [6.07, 6.45) is 0.335. The van der Waals surface area contributed by atoms with E-state index < -0.39 is 12.0 Å². The van der Waals surface area contributed by atoms with Crippen molar-refractivity contribution in [1.82, 2.24) is 0 Å². The van der Waals surface area contributed by atoms with E-state index >= 15 is 0 Å². The van der Waals surface area contributed by atoms with Crippen LogP contribution in [-0.2, 0) is 4.79 Å². The highest BCUT2D eigenvalue weighted by Gasteiger charge is 2.20. The Morgan fingerprint density at radius 3 is 2.61 bits per heavy atom. The molecule has 0 bridgehead atoms. The molecule has 0 aliphatic heterocycles. The van der Waals surface area contributed by atoms with E-state index in [4.69, 9.17) is 27.2 Å². The van der Waals surface area contributed by atoms with Crippen molar-refractivity contribution in [2.24, 2.45) is 5.73 Å². The van der Waals surface area contributed by atoms with Crippen LogP contribution in [0.25, 0.3) is 0 Å². The number of hydrogen-bond donors (Lipinski definition) is 2. The summed E-state index contributed by atoms with van der Waals surface area (Å²) in [5.41, 5.74) is 8.58. The van der Waals surface area contributed by atoms with Crippen LogP contribution in [0.3, 0.4) is 0 Å². The van der Waals surface area contributed by atoms with Gasteiger partial charge in [0.05, 0.1) is 12.1 Å². The van der Waals surface area contributed by atoms with Crippen LogP contribution in [0.2, 0.25) is 5.02 Å². The molecule has 1 rings (SSSR count). The maximum atomic E-state index is 10.6. The molecular formula is C13H18ClNO3. The van der Waals surface area contributed by atoms with Crippen molar-refractivity contribution in [2.45, 2.75) is 32.7 Å². The van der Waals surface area contributed by atoms with E-state index in [1.165, 1.54) is 0 Å². The molecule has 100 valence electrons. The molecule has 5 heteroatoms. The number of methoxy groups -OCH3 is 1. The molecule has 0 aliphatic rings. The number of carboxylic acids is 1. The fraction of sp³-hybridized carbons (Fsp3) is 0.462. The number of halogens is 1. The number of carbonyl (C=O) groups is 1. The van der Waals surface area contributed by atoms with Crippen LogP contribution in [0.1, 0.15) is 35.6 Å². The van der Waals surface area contributed by atoms with Gasteiger partial charge in [0.25, 0.3) is 0 Å². The molecule has 1 aromatic rings. The summed E-state index contributed by atoms with van der Waals surface area (Å²) in [4.78, 5) is 10.6. The summed E-state index contributed by atoms with van der Waals surface area (Å²) in [7, 11) is 1.56. The Bertz CT molecular complexity index is 460. The van der Waals surface area contributed by atoms with Gasteiger partial charge in [-0.1, -0.05) is 17.7 Å². The second kappa shape index (κ2) is 6.07. The van der Waals surface area contributed by atoms with E-state index in [9.17, 15) is 4.79 Å². The Morgan fingerprint density at radius 1 is 1.50 bits per heavy atom. The number of nitrogens with two attached hydrogens (primary N) is 1. The first kappa shape index (κ1) is 14.8. The monoisotopic (exact) mass is 271 g/mol. The molecule has 1 aromatic carbocycles. The topological polar surface area (TPSA) is 72.5 Å². The molecular weight excluding hydrogens is 254 g/mol. The van der Waals surface area contributed by atoms with Gasteiger partial charge in [0.1, 0.15) is 5.75 Å². The molecule has 0 saturated carbocycles. The summed E-state index contributed by atoms with van der Waals surface area (Å²) in [6.45, 7) is 3.80. The smallest absolute Gasteiger partial charge is 0.303 e. The highest BCUT2D eigenvalue weighted by molar-refractivity contribution is 6.32. The summed E-state index contributed by atoms with van der Waals surface area (Å²) in [6, 6.07) is 1.48. The molecule has 3 N–H and O–H groups in total. The minimum Gasteiger partial charge on any atom is -0.496 e. The number of benzene rings is 1. The molecule has 0 aromatic heterocycles. The van der Waals surface area contributed by atoms with Crippen LogP contribution in [0.15, 0.2) is 6.07 Å². The number of carboxylic acid groups (broad SMARTS) is 1. The average Bonchev–Trinajstić information content (AvgIpc) is 2.30. The molecule has 0 saturated heterocycles. The van der Waals surface area contributed by atoms with Gasteiger partial charge in [0, 0.05) is 18.0 Å². The lowest BCUT2D eigenvalue weighted by molar-refractivity contribution is -0.137. The van der Waals surface area contributed by atoms with Gasteiger partial charge in [0.2, 0.25) is 0 Å². The van der Waals surface area contributed by atoms with Gasteiger partial charge in [-0.25, -0.2) is 0 Å². The number of hydrogen-bond acceptors (Lipinski definition) is 3. The second-order valence-corrected chi connectivity index (χ2v) is 4.69. The maximum Gasteiger partial charge on any atom is 0.303 e. The number of aliphatic carboxylic acids is 1. The van der Waals surface area contributed by atoms with E-state index in [0.717, 1.165) is 11.1 Å². The lowest BCUT2D eigenvalue weighted by atomic mass is 9.97. The zero-order chi connectivity index (χ0) is 13.9. The van der Waals surface area contributed by atoms with Gasteiger partial charge < -0.3 is 15.6 Å². The van der Waals surface area contributed by atoms with Crippen molar-refractivity contribution in [3.05, 3.63) is 27.8 Å². The summed E-state index contributed by atoms with van der Waals surface area (Å²) >= 11 is 6.25. The third-order valence-electron chi connectivity index (χ3n) is 2.86. The quantitative estimate of drug-likeness (QED) is 0.864. The maximum absolute atomic E-state index is 10.6. The summed E-state index contributed by atoms with van der Waals surface area (Å²) in [5.74, 6) is -0.228. The molecule has 0 amide bonds. The van der Waals surface area contributed by atoms with E-state index in [2.05, 4.69) is 0 Å². The minimum atomic E-state index is -0.870. The molecule has 0 radical (unpaired) electrons. The Labute approximate surface area is 112 Å². The zero-order valence-corrected chi connectivity index (χ0v) is 11.5. The van der Waals surface area contributed by atoms with Gasteiger partial charge in [-0.05, 0) is 31.4 Å². The van der Waals surface area contributed by atoms with Crippen molar-refractivity contribution in [3.63, 3.8) is 0 Å². The van der Waals surface area contributed by atoms with Crippen molar-refractivity contribution in [1.29, 1.82) is 0 Å². The lowest BCUT2D eigenvalue weighted by Gasteiger charge is -2.20. The van der Waals surface area contributed by atoms with Crippen LogP contribution in [0.5, 0.6) is 5.75 Å². The SMILES string of the molecule is COc1c(C)cc(C)c(Cl)c1C(N)CCC(=O)O. The van der Waals surface area contributed by atoms with Crippen molar-refractivity contribution in [2.75, 3.05) is 7.11 Å². The summed E-state index contributed by atoms with van der Waals surface area (Å²) in [5, 5.41) is 9.25. The number of rotatable bonds is 5. The Hall–Kier alpha value is -1.26. The minimum absolute atomic E-state index is 0.00758. The third-order valence-corrected chi connectivity index (χ3v) is 3.36. The van der Waals surface area contributed by atoms with Crippen molar-refractivity contribution in [3.8, 4) is 5.75 Å². The van der Waals surface area contributed by atoms with E-state index in [0.29, 0.717) is 22.8 Å². The molecule has 18 heavy (non-hydrogen) atoms. The molecule has 4 nitrogen and oxygen atoms in total. The molecule has 1 unspecified atom stereocenters. The number of aryl methyl sites for hydroxylation is 2. The van der Waals surface area contributed by atoms with Crippen LogP contribution in [-0.4, -0.2) is 18.2 Å². The standard InChI is InChI=1S/C13H18ClNO3/c1-7-6-8(2)13(18-3)11(12(7)14)9(15)4-5-10(16)17/h6,9H,4-5,15H2,1-3H3,(H,16,17). The van der Waals surface area contributed by atoms with Gasteiger partial charge >= 0.3 is 5.97 Å². The van der Waals surface area contributed by atoms with Crippen molar-refractivity contribution < 1.29 is 14.6 Å². The molecule has 0 spiro atoms. The predicted octanol–water partition coefficient (Wildman–Crippen LogP) is 2.83. The highest BCUT2D eigenvalue weighted by atomic mass is 35.5. The van der Waals surface area contributed by atoms with Gasteiger partial charge in [-0.2, -0.15) is 0 Å². The Kier molecular flexibility index (Phi) is 4.99. The van der Waals surface area contributed by atoms with Crippen LogP contribution in [0, 0.1) is 13.8 Å². The number of ether oxygens (including phenoxy) is 1. The molecule has 0 fully saturated rings. The highest BCUT2D eigenvalue weighted by Crippen LogP contribution is 2.37. The first-order valence-corrected chi connectivity index (χ1v) is 6.07. The van der Waals surface area contributed by atoms with E-state index in [-0.39, 0.29) is 6.42 Å². The first-order chi connectivity index (χ1) is 8.38. The largest absolute Gasteiger partial charge is 0.496 e. The van der Waals surface area contributed by atoms with E-state index in [1.807, 2.05) is 19.9 Å². The molecule has 0 heterocycles. The second-order valence-electron chi connectivity index (χ2n) is 4.31. The molecule has 1 atom stereocenters. The zero-order valence-electron chi connectivity index (χ0n) is 10.8. The summed E-state index contributed by atoms with van der Waals surface area (Å²) < 4.78 is 5.33. The Morgan fingerprint density at radius 2 is 2.11 bits per heavy atom. The Balaban J connectivity index is 3.16. The normalized spacial score (nSPS) is 12.3. The van der Waals surface area contributed by atoms with Crippen molar-refractivity contribution >= 4 is 17.6 Å². The predicted molar refractivity (Wildman–Crippen MR) is 71.3 cm³/mol. The van der Waals surface area contributed by atoms with E-state index in [1.54, 1.807) is 7.11 Å². The average molecular weight is 272 g/mol. The van der Waals surface area contributed by atoms with Crippen LogP contribution in [0.4, 0.5) is 0 Å². The van der Waals surface area contributed by atoms with Crippen LogP contribution >= 0.6 is 11.6 Å². The lowest BCUT2D eigenvalue weighted by Crippen LogP contribution is -2.15. The third kappa shape index (κ3) is 3.15. The fourth-order valence-corrected chi connectivity index (χ4v) is 2.28. The first-order valence-electron chi connectivity index (χ1n) is 5.69. The van der Waals surface area contributed by atoms with Gasteiger partial charge in [-0.15, -0.1) is 0 Å².